The predicted octanol–water partition coefficient (Wildman–Crippen LogP) is 2.72. The van der Waals surface area contributed by atoms with Crippen LogP contribution in [0.1, 0.15) is 13.3 Å². The second-order valence-corrected chi connectivity index (χ2v) is 4.73. The lowest BCUT2D eigenvalue weighted by Gasteiger charge is -2.11. The number of anilines is 1. The largest absolute Gasteiger partial charge is 0.495 e. The Morgan fingerprint density at radius 2 is 1.95 bits per heavy atom. The van der Waals surface area contributed by atoms with Crippen molar-refractivity contribution in [1.29, 1.82) is 0 Å². The van der Waals surface area contributed by atoms with Gasteiger partial charge in [-0.25, -0.2) is 0 Å². The molecule has 0 aromatic heterocycles. The molecule has 0 fully saturated rings. The highest BCUT2D eigenvalue weighted by atomic mass is 35.5. The maximum atomic E-state index is 11.7. The number of halogens is 3. The van der Waals surface area contributed by atoms with Gasteiger partial charge in [-0.1, -0.05) is 18.5 Å². The molecule has 0 aliphatic carbocycles. The van der Waals surface area contributed by atoms with Gasteiger partial charge in [0.2, 0.25) is 5.91 Å². The van der Waals surface area contributed by atoms with Crippen molar-refractivity contribution < 1.29 is 9.53 Å². The average Bonchev–Trinajstić information content (AvgIpc) is 2.45. The van der Waals surface area contributed by atoms with Gasteiger partial charge in [0.05, 0.1) is 19.3 Å². The summed E-state index contributed by atoms with van der Waals surface area (Å²) in [5, 5.41) is 9.65. The highest BCUT2D eigenvalue weighted by molar-refractivity contribution is 6.30. The van der Waals surface area contributed by atoms with Gasteiger partial charge in [0.1, 0.15) is 5.75 Å². The third-order valence-electron chi connectivity index (χ3n) is 2.65. The number of rotatable bonds is 9. The Labute approximate surface area is 149 Å². The molecule has 8 heteroatoms. The Morgan fingerprint density at radius 1 is 1.23 bits per heavy atom. The first-order valence-corrected chi connectivity index (χ1v) is 7.10. The number of hydrogen-bond donors (Lipinski definition) is 3. The van der Waals surface area contributed by atoms with E-state index in [0.717, 1.165) is 19.5 Å². The van der Waals surface area contributed by atoms with E-state index < -0.39 is 0 Å². The summed E-state index contributed by atoms with van der Waals surface area (Å²) in [6.07, 6.45) is 1.09. The predicted molar refractivity (Wildman–Crippen MR) is 97.2 cm³/mol. The van der Waals surface area contributed by atoms with E-state index in [2.05, 4.69) is 22.9 Å². The van der Waals surface area contributed by atoms with E-state index in [-0.39, 0.29) is 37.3 Å². The molecule has 1 aromatic rings. The lowest BCUT2D eigenvalue weighted by Crippen LogP contribution is -2.35. The number of amides is 1. The molecule has 0 saturated carbocycles. The SMILES string of the molecule is CCCNCCNC(=O)CNc1cc(Cl)ccc1OC.Cl.Cl. The molecule has 0 heterocycles. The number of ether oxygens (including phenoxy) is 1. The van der Waals surface area contributed by atoms with Crippen molar-refractivity contribution in [3.63, 3.8) is 0 Å². The van der Waals surface area contributed by atoms with Gasteiger partial charge >= 0.3 is 0 Å². The molecule has 0 aliphatic heterocycles. The summed E-state index contributed by atoms with van der Waals surface area (Å²) in [6.45, 7) is 4.65. The zero-order chi connectivity index (χ0) is 14.8. The van der Waals surface area contributed by atoms with E-state index >= 15 is 0 Å². The second-order valence-electron chi connectivity index (χ2n) is 4.30. The van der Waals surface area contributed by atoms with Gasteiger partial charge in [0.15, 0.2) is 0 Å². The quantitative estimate of drug-likeness (QED) is 0.583. The molecule has 5 nitrogen and oxygen atoms in total. The first-order valence-electron chi connectivity index (χ1n) is 6.72. The van der Waals surface area contributed by atoms with Crippen molar-refractivity contribution >= 4 is 48.0 Å². The van der Waals surface area contributed by atoms with Crippen molar-refractivity contribution in [3.05, 3.63) is 23.2 Å². The fraction of sp³-hybridized carbons (Fsp3) is 0.500. The first-order chi connectivity index (χ1) is 9.67. The molecule has 0 unspecified atom stereocenters. The van der Waals surface area contributed by atoms with Crippen LogP contribution in [0.4, 0.5) is 5.69 Å². The van der Waals surface area contributed by atoms with Crippen LogP contribution in [0.15, 0.2) is 18.2 Å². The first kappa shape index (κ1) is 23.4. The van der Waals surface area contributed by atoms with Gasteiger partial charge in [-0.15, -0.1) is 24.8 Å². The third kappa shape index (κ3) is 9.20. The molecule has 1 amide bonds. The van der Waals surface area contributed by atoms with Crippen LogP contribution in [0.5, 0.6) is 5.75 Å². The Morgan fingerprint density at radius 3 is 2.59 bits per heavy atom. The van der Waals surface area contributed by atoms with Crippen LogP contribution < -0.4 is 20.7 Å². The van der Waals surface area contributed by atoms with Gasteiger partial charge < -0.3 is 20.7 Å². The Kier molecular flexibility index (Phi) is 14.6. The van der Waals surface area contributed by atoms with Crippen LogP contribution in [0.3, 0.4) is 0 Å². The van der Waals surface area contributed by atoms with Gasteiger partial charge in [0, 0.05) is 18.1 Å². The zero-order valence-electron chi connectivity index (χ0n) is 12.8. The van der Waals surface area contributed by atoms with Gasteiger partial charge in [-0.2, -0.15) is 0 Å². The Balaban J connectivity index is 0. The standard InChI is InChI=1S/C14H22ClN3O2.2ClH/c1-3-6-16-7-8-17-14(19)10-18-12-9-11(15)4-5-13(12)20-2;;/h4-5,9,16,18H,3,6-8,10H2,1-2H3,(H,17,19);2*1H. The van der Waals surface area contributed by atoms with Crippen LogP contribution in [0.25, 0.3) is 0 Å². The molecule has 0 radical (unpaired) electrons. The summed E-state index contributed by atoms with van der Waals surface area (Å²) in [5.74, 6) is 0.595. The molecule has 3 N–H and O–H groups in total. The third-order valence-corrected chi connectivity index (χ3v) is 2.89. The molecule has 1 rings (SSSR count). The molecule has 0 bridgehead atoms. The minimum Gasteiger partial charge on any atom is -0.495 e. The summed E-state index contributed by atoms with van der Waals surface area (Å²) in [5.41, 5.74) is 0.708. The molecular formula is C14H24Cl3N3O2. The second kappa shape index (κ2) is 13.8. The molecule has 0 atom stereocenters. The van der Waals surface area contributed by atoms with Crippen molar-refractivity contribution in [1.82, 2.24) is 10.6 Å². The molecule has 0 aliphatic rings. The molecule has 1 aromatic carbocycles. The van der Waals surface area contributed by atoms with Crippen LogP contribution in [0, 0.1) is 0 Å². The number of methoxy groups -OCH3 is 1. The zero-order valence-corrected chi connectivity index (χ0v) is 15.2. The van der Waals surface area contributed by atoms with E-state index in [9.17, 15) is 4.79 Å². The van der Waals surface area contributed by atoms with Crippen LogP contribution in [0.2, 0.25) is 5.02 Å². The lowest BCUT2D eigenvalue weighted by molar-refractivity contribution is -0.119. The van der Waals surface area contributed by atoms with Crippen molar-refractivity contribution in [3.8, 4) is 5.75 Å². The van der Waals surface area contributed by atoms with Crippen molar-refractivity contribution in [2.75, 3.05) is 38.6 Å². The normalized spacial score (nSPS) is 9.23. The van der Waals surface area contributed by atoms with Gasteiger partial charge in [-0.3, -0.25) is 4.79 Å². The lowest BCUT2D eigenvalue weighted by atomic mass is 10.3. The summed E-state index contributed by atoms with van der Waals surface area (Å²) in [7, 11) is 1.58. The monoisotopic (exact) mass is 371 g/mol. The number of carbonyl (C=O) groups excluding carboxylic acids is 1. The van der Waals surface area contributed by atoms with E-state index in [4.69, 9.17) is 16.3 Å². The minimum atomic E-state index is -0.0645. The number of nitrogens with one attached hydrogen (secondary N) is 3. The van der Waals surface area contributed by atoms with Crippen LogP contribution in [-0.4, -0.2) is 39.2 Å². The van der Waals surface area contributed by atoms with Crippen LogP contribution in [-0.2, 0) is 4.79 Å². The van der Waals surface area contributed by atoms with E-state index in [1.807, 2.05) is 0 Å². The summed E-state index contributed by atoms with van der Waals surface area (Å²) < 4.78 is 5.20. The summed E-state index contributed by atoms with van der Waals surface area (Å²) in [4.78, 5) is 11.7. The summed E-state index contributed by atoms with van der Waals surface area (Å²) >= 11 is 5.92. The highest BCUT2D eigenvalue weighted by Crippen LogP contribution is 2.27. The molecular weight excluding hydrogens is 349 g/mol. The fourth-order valence-corrected chi connectivity index (χ4v) is 1.82. The summed E-state index contributed by atoms with van der Waals surface area (Å²) in [6, 6.07) is 5.23. The minimum absolute atomic E-state index is 0. The molecule has 0 spiro atoms. The Bertz CT molecular complexity index is 434. The number of carbonyl (C=O) groups is 1. The Hall–Kier alpha value is -0.880. The van der Waals surface area contributed by atoms with Crippen molar-refractivity contribution in [2.24, 2.45) is 0 Å². The van der Waals surface area contributed by atoms with E-state index in [0.29, 0.717) is 23.0 Å². The van der Waals surface area contributed by atoms with Crippen molar-refractivity contribution in [2.45, 2.75) is 13.3 Å². The number of hydrogen-bond acceptors (Lipinski definition) is 4. The van der Waals surface area contributed by atoms with Crippen LogP contribution >= 0.6 is 36.4 Å². The van der Waals surface area contributed by atoms with Gasteiger partial charge in [0.25, 0.3) is 0 Å². The average molecular weight is 373 g/mol. The van der Waals surface area contributed by atoms with Gasteiger partial charge in [-0.05, 0) is 31.2 Å². The molecule has 128 valence electrons. The highest BCUT2D eigenvalue weighted by Gasteiger charge is 2.05. The smallest absolute Gasteiger partial charge is 0.239 e. The maximum absolute atomic E-state index is 11.7. The van der Waals surface area contributed by atoms with E-state index in [1.54, 1.807) is 25.3 Å². The molecule has 22 heavy (non-hydrogen) atoms. The fourth-order valence-electron chi connectivity index (χ4n) is 1.65. The topological polar surface area (TPSA) is 62.4 Å². The molecule has 0 saturated heterocycles. The maximum Gasteiger partial charge on any atom is 0.239 e. The number of benzene rings is 1. The van der Waals surface area contributed by atoms with E-state index in [1.165, 1.54) is 0 Å².